The minimum atomic E-state index is -0.447. The molecule has 1 unspecified atom stereocenters. The largest absolute Gasteiger partial charge is 0.468 e. The molecule has 0 aliphatic heterocycles. The third-order valence-electron chi connectivity index (χ3n) is 2.48. The lowest BCUT2D eigenvalue weighted by atomic mass is 10.0. The molecule has 0 heterocycles. The van der Waals surface area contributed by atoms with Gasteiger partial charge in [-0.25, -0.2) is 4.79 Å². The lowest BCUT2D eigenvalue weighted by Gasteiger charge is -2.21. The number of hydrogen-bond donors (Lipinski definition) is 1. The molecule has 0 radical (unpaired) electrons. The maximum atomic E-state index is 11.8. The predicted octanol–water partition coefficient (Wildman–Crippen LogP) is 2.86. The van der Waals surface area contributed by atoms with Crippen molar-refractivity contribution in [2.45, 2.75) is 32.9 Å². The zero-order chi connectivity index (χ0) is 13.0. The van der Waals surface area contributed by atoms with E-state index in [4.69, 9.17) is 16.3 Å². The van der Waals surface area contributed by atoms with Crippen molar-refractivity contribution in [1.29, 1.82) is 0 Å². The Balaban J connectivity index is 3.08. The highest BCUT2D eigenvalue weighted by Gasteiger charge is 2.23. The SMILES string of the molecule is COC(=O)C(NC(C)C)c1ccc(Cl)cc1C. The Kier molecular flexibility index (Phi) is 4.97. The smallest absolute Gasteiger partial charge is 0.327 e. The van der Waals surface area contributed by atoms with Crippen LogP contribution in [0.2, 0.25) is 5.02 Å². The van der Waals surface area contributed by atoms with Gasteiger partial charge in [-0.05, 0) is 44.0 Å². The van der Waals surface area contributed by atoms with Crippen molar-refractivity contribution in [2.24, 2.45) is 0 Å². The third-order valence-corrected chi connectivity index (χ3v) is 2.71. The number of methoxy groups -OCH3 is 1. The van der Waals surface area contributed by atoms with Crippen molar-refractivity contribution in [1.82, 2.24) is 5.32 Å². The van der Waals surface area contributed by atoms with Gasteiger partial charge in [0.15, 0.2) is 0 Å². The van der Waals surface area contributed by atoms with Crippen LogP contribution >= 0.6 is 11.6 Å². The summed E-state index contributed by atoms with van der Waals surface area (Å²) in [6.45, 7) is 5.90. The van der Waals surface area contributed by atoms with E-state index in [1.807, 2.05) is 32.9 Å². The summed E-state index contributed by atoms with van der Waals surface area (Å²) < 4.78 is 4.82. The van der Waals surface area contributed by atoms with E-state index in [0.29, 0.717) is 5.02 Å². The zero-order valence-electron chi connectivity index (χ0n) is 10.6. The van der Waals surface area contributed by atoms with Gasteiger partial charge in [-0.1, -0.05) is 17.7 Å². The fourth-order valence-corrected chi connectivity index (χ4v) is 1.93. The molecule has 0 saturated carbocycles. The first-order chi connectivity index (χ1) is 7.95. The van der Waals surface area contributed by atoms with Crippen LogP contribution < -0.4 is 5.32 Å². The van der Waals surface area contributed by atoms with Crippen LogP contribution in [0.15, 0.2) is 18.2 Å². The molecule has 94 valence electrons. The van der Waals surface area contributed by atoms with Gasteiger partial charge in [0.1, 0.15) is 6.04 Å². The Morgan fingerprint density at radius 3 is 2.53 bits per heavy atom. The van der Waals surface area contributed by atoms with E-state index in [1.165, 1.54) is 7.11 Å². The predicted molar refractivity (Wildman–Crippen MR) is 69.2 cm³/mol. The fraction of sp³-hybridized carbons (Fsp3) is 0.462. The normalized spacial score (nSPS) is 12.6. The molecule has 17 heavy (non-hydrogen) atoms. The van der Waals surface area contributed by atoms with Crippen molar-refractivity contribution in [3.8, 4) is 0 Å². The minimum absolute atomic E-state index is 0.189. The Morgan fingerprint density at radius 2 is 2.06 bits per heavy atom. The lowest BCUT2D eigenvalue weighted by molar-refractivity contribution is -0.143. The Bertz CT molecular complexity index is 404. The van der Waals surface area contributed by atoms with Gasteiger partial charge in [0.2, 0.25) is 0 Å². The number of benzene rings is 1. The molecule has 3 nitrogen and oxygen atoms in total. The second-order valence-electron chi connectivity index (χ2n) is 4.28. The third kappa shape index (κ3) is 3.72. The van der Waals surface area contributed by atoms with Crippen molar-refractivity contribution in [2.75, 3.05) is 7.11 Å². The fourth-order valence-electron chi connectivity index (χ4n) is 1.70. The van der Waals surface area contributed by atoms with E-state index in [-0.39, 0.29) is 12.0 Å². The zero-order valence-corrected chi connectivity index (χ0v) is 11.3. The molecule has 0 aliphatic rings. The second-order valence-corrected chi connectivity index (χ2v) is 4.71. The second kappa shape index (κ2) is 6.03. The number of hydrogen-bond acceptors (Lipinski definition) is 3. The molecule has 0 aliphatic carbocycles. The molecule has 1 aromatic rings. The maximum Gasteiger partial charge on any atom is 0.327 e. The first-order valence-electron chi connectivity index (χ1n) is 5.55. The van der Waals surface area contributed by atoms with Crippen LogP contribution in [0.3, 0.4) is 0 Å². The summed E-state index contributed by atoms with van der Waals surface area (Å²) in [5, 5.41) is 3.86. The average Bonchev–Trinajstić information content (AvgIpc) is 2.25. The maximum absolute atomic E-state index is 11.8. The molecule has 0 fully saturated rings. The van der Waals surface area contributed by atoms with Gasteiger partial charge in [-0.15, -0.1) is 0 Å². The topological polar surface area (TPSA) is 38.3 Å². The molecular weight excluding hydrogens is 238 g/mol. The van der Waals surface area contributed by atoms with Gasteiger partial charge in [0.05, 0.1) is 7.11 Å². The van der Waals surface area contributed by atoms with Crippen molar-refractivity contribution in [3.05, 3.63) is 34.3 Å². The molecule has 1 aromatic carbocycles. The van der Waals surface area contributed by atoms with E-state index in [1.54, 1.807) is 6.07 Å². The van der Waals surface area contributed by atoms with Gasteiger partial charge < -0.3 is 4.74 Å². The molecule has 1 atom stereocenters. The highest BCUT2D eigenvalue weighted by Crippen LogP contribution is 2.22. The highest BCUT2D eigenvalue weighted by molar-refractivity contribution is 6.30. The number of rotatable bonds is 4. The molecule has 0 aromatic heterocycles. The minimum Gasteiger partial charge on any atom is -0.468 e. The van der Waals surface area contributed by atoms with Gasteiger partial charge in [-0.3, -0.25) is 5.32 Å². The molecule has 0 amide bonds. The van der Waals surface area contributed by atoms with Crippen LogP contribution in [-0.2, 0) is 9.53 Å². The number of nitrogens with one attached hydrogen (secondary N) is 1. The van der Waals surface area contributed by atoms with Gasteiger partial charge >= 0.3 is 5.97 Å². The van der Waals surface area contributed by atoms with E-state index >= 15 is 0 Å². The molecule has 1 rings (SSSR count). The van der Waals surface area contributed by atoms with Gasteiger partial charge in [0.25, 0.3) is 0 Å². The number of esters is 1. The Hall–Kier alpha value is -1.06. The van der Waals surface area contributed by atoms with Crippen LogP contribution in [-0.4, -0.2) is 19.1 Å². The van der Waals surface area contributed by atoms with Crippen molar-refractivity contribution in [3.63, 3.8) is 0 Å². The molecule has 4 heteroatoms. The van der Waals surface area contributed by atoms with Gasteiger partial charge in [-0.2, -0.15) is 0 Å². The summed E-state index contributed by atoms with van der Waals surface area (Å²) in [5.41, 5.74) is 1.87. The molecule has 0 spiro atoms. The van der Waals surface area contributed by atoms with Crippen LogP contribution in [0.5, 0.6) is 0 Å². The van der Waals surface area contributed by atoms with E-state index in [9.17, 15) is 4.79 Å². The van der Waals surface area contributed by atoms with Gasteiger partial charge in [0, 0.05) is 11.1 Å². The summed E-state index contributed by atoms with van der Waals surface area (Å²) >= 11 is 5.90. The van der Waals surface area contributed by atoms with Crippen LogP contribution in [0.25, 0.3) is 0 Å². The van der Waals surface area contributed by atoms with E-state index in [0.717, 1.165) is 11.1 Å². The summed E-state index contributed by atoms with van der Waals surface area (Å²) in [6.07, 6.45) is 0. The quantitative estimate of drug-likeness (QED) is 0.841. The van der Waals surface area contributed by atoms with Crippen LogP contribution in [0.1, 0.15) is 31.0 Å². The monoisotopic (exact) mass is 255 g/mol. The summed E-state index contributed by atoms with van der Waals surface area (Å²) in [4.78, 5) is 11.8. The molecular formula is C13H18ClNO2. The van der Waals surface area contributed by atoms with E-state index < -0.39 is 6.04 Å². The number of carbonyl (C=O) groups excluding carboxylic acids is 1. The standard InChI is InChI=1S/C13H18ClNO2/c1-8(2)15-12(13(16)17-4)11-6-5-10(14)7-9(11)3/h5-8,12,15H,1-4H3. The summed E-state index contributed by atoms with van der Waals surface area (Å²) in [7, 11) is 1.39. The van der Waals surface area contributed by atoms with Crippen LogP contribution in [0.4, 0.5) is 0 Å². The number of carbonyl (C=O) groups is 1. The average molecular weight is 256 g/mol. The summed E-state index contributed by atoms with van der Waals surface area (Å²) in [5.74, 6) is -0.288. The van der Waals surface area contributed by atoms with Crippen LogP contribution in [0, 0.1) is 6.92 Å². The first kappa shape index (κ1) is 14.0. The molecule has 0 bridgehead atoms. The first-order valence-corrected chi connectivity index (χ1v) is 5.93. The number of halogens is 1. The Labute approximate surface area is 107 Å². The lowest BCUT2D eigenvalue weighted by Crippen LogP contribution is -2.34. The molecule has 0 saturated heterocycles. The van der Waals surface area contributed by atoms with Crippen molar-refractivity contribution >= 4 is 17.6 Å². The molecule has 1 N–H and O–H groups in total. The highest BCUT2D eigenvalue weighted by atomic mass is 35.5. The number of ether oxygens (including phenoxy) is 1. The van der Waals surface area contributed by atoms with Crippen molar-refractivity contribution < 1.29 is 9.53 Å². The van der Waals surface area contributed by atoms with E-state index in [2.05, 4.69) is 5.32 Å². The number of aryl methyl sites for hydroxylation is 1. The summed E-state index contributed by atoms with van der Waals surface area (Å²) in [6, 6.07) is 5.22. The Morgan fingerprint density at radius 1 is 1.41 bits per heavy atom.